The molecule has 0 radical (unpaired) electrons. The number of hydrogen-bond donors (Lipinski definition) is 0. The molecule has 2 bridgehead atoms. The number of carbonyl (C=O) groups excluding carboxylic acids is 1. The van der Waals surface area contributed by atoms with Crippen LogP contribution in [-0.2, 0) is 4.79 Å². The highest BCUT2D eigenvalue weighted by Gasteiger charge is 2.47. The van der Waals surface area contributed by atoms with Crippen molar-refractivity contribution < 1.29 is 4.79 Å². The molecular weight excluding hydrogens is 182 g/mol. The number of aliphatic imine (C=N–C) groups is 1. The monoisotopic (exact) mass is 195 g/mol. The van der Waals surface area contributed by atoms with Gasteiger partial charge in [-0.2, -0.15) is 0 Å². The van der Waals surface area contributed by atoms with Crippen molar-refractivity contribution in [3.63, 3.8) is 0 Å². The summed E-state index contributed by atoms with van der Waals surface area (Å²) in [6, 6.07) is 0.296. The van der Waals surface area contributed by atoms with E-state index in [-0.39, 0.29) is 5.92 Å². The standard InChI is InChI=1S/C10H13NOS/c1-6(12)8-2-7-3-9(8)10(4-7)11-5-13/h7-10H,2-4H2,1H3/t7?,8-,9?,10-/m0/s1. The fourth-order valence-electron chi connectivity index (χ4n) is 3.00. The van der Waals surface area contributed by atoms with Crippen molar-refractivity contribution >= 4 is 23.2 Å². The molecule has 0 saturated heterocycles. The van der Waals surface area contributed by atoms with Crippen LogP contribution in [0.25, 0.3) is 0 Å². The molecule has 4 atom stereocenters. The summed E-state index contributed by atoms with van der Waals surface area (Å²) in [5.74, 6) is 1.78. The predicted octanol–water partition coefficient (Wildman–Crippen LogP) is 2.09. The number of rotatable bonds is 2. The molecule has 2 rings (SSSR count). The van der Waals surface area contributed by atoms with Gasteiger partial charge in [0.2, 0.25) is 0 Å². The first-order chi connectivity index (χ1) is 6.22. The molecule has 13 heavy (non-hydrogen) atoms. The Morgan fingerprint density at radius 2 is 2.23 bits per heavy atom. The van der Waals surface area contributed by atoms with Gasteiger partial charge in [0.25, 0.3) is 0 Å². The van der Waals surface area contributed by atoms with Crippen LogP contribution in [-0.4, -0.2) is 17.0 Å². The van der Waals surface area contributed by atoms with Gasteiger partial charge in [-0.05, 0) is 50.2 Å². The van der Waals surface area contributed by atoms with E-state index in [9.17, 15) is 4.79 Å². The van der Waals surface area contributed by atoms with Gasteiger partial charge in [0.15, 0.2) is 0 Å². The van der Waals surface area contributed by atoms with E-state index in [1.54, 1.807) is 6.92 Å². The van der Waals surface area contributed by atoms with Crippen LogP contribution >= 0.6 is 12.2 Å². The van der Waals surface area contributed by atoms with Gasteiger partial charge in [0, 0.05) is 5.92 Å². The minimum atomic E-state index is 0.260. The highest BCUT2D eigenvalue weighted by Crippen LogP contribution is 2.49. The number of nitrogens with zero attached hydrogens (tertiary/aromatic N) is 1. The fraction of sp³-hybridized carbons (Fsp3) is 0.800. The van der Waals surface area contributed by atoms with Crippen LogP contribution in [0.15, 0.2) is 4.99 Å². The highest BCUT2D eigenvalue weighted by molar-refractivity contribution is 7.78. The summed E-state index contributed by atoms with van der Waals surface area (Å²) in [4.78, 5) is 15.4. The van der Waals surface area contributed by atoms with E-state index in [0.29, 0.717) is 17.7 Å². The lowest BCUT2D eigenvalue weighted by Gasteiger charge is -2.23. The summed E-state index contributed by atoms with van der Waals surface area (Å²) in [6.45, 7) is 1.70. The second-order valence-corrected chi connectivity index (χ2v) is 4.42. The number of carbonyl (C=O) groups is 1. The SMILES string of the molecule is CC(=O)[C@@H]1CC2CC1[C@@H](N=C=S)C2. The van der Waals surface area contributed by atoms with Gasteiger partial charge in [-0.1, -0.05) is 0 Å². The zero-order valence-electron chi connectivity index (χ0n) is 7.69. The second kappa shape index (κ2) is 3.32. The molecule has 2 nitrogen and oxygen atoms in total. The van der Waals surface area contributed by atoms with Crippen molar-refractivity contribution in [1.82, 2.24) is 0 Å². The van der Waals surface area contributed by atoms with Crippen LogP contribution in [0, 0.1) is 17.8 Å². The molecular formula is C10H13NOS. The molecule has 0 N–H and O–H groups in total. The average molecular weight is 195 g/mol. The van der Waals surface area contributed by atoms with Crippen LogP contribution < -0.4 is 0 Å². The van der Waals surface area contributed by atoms with E-state index in [1.807, 2.05) is 0 Å². The lowest BCUT2D eigenvalue weighted by molar-refractivity contribution is -0.122. The first-order valence-electron chi connectivity index (χ1n) is 4.79. The number of ketones is 1. The Balaban J connectivity index is 2.14. The third-order valence-electron chi connectivity index (χ3n) is 3.52. The smallest absolute Gasteiger partial charge is 0.133 e. The molecule has 0 aromatic carbocycles. The quantitative estimate of drug-likeness (QED) is 0.499. The molecule has 3 heteroatoms. The third kappa shape index (κ3) is 1.47. The maximum absolute atomic E-state index is 11.3. The molecule has 2 aliphatic carbocycles. The zero-order valence-corrected chi connectivity index (χ0v) is 8.51. The van der Waals surface area contributed by atoms with Crippen molar-refractivity contribution in [2.45, 2.75) is 32.2 Å². The molecule has 2 saturated carbocycles. The number of fused-ring (bicyclic) bond motifs is 2. The Kier molecular flexibility index (Phi) is 2.31. The molecule has 2 aliphatic rings. The van der Waals surface area contributed by atoms with Crippen LogP contribution in [0.2, 0.25) is 0 Å². The van der Waals surface area contributed by atoms with E-state index in [2.05, 4.69) is 22.4 Å². The van der Waals surface area contributed by atoms with E-state index < -0.39 is 0 Å². The summed E-state index contributed by atoms with van der Waals surface area (Å²) in [6.07, 6.45) is 3.39. The molecule has 0 spiro atoms. The molecule has 2 fully saturated rings. The van der Waals surface area contributed by atoms with Crippen molar-refractivity contribution in [3.05, 3.63) is 0 Å². The first kappa shape index (κ1) is 9.04. The van der Waals surface area contributed by atoms with Crippen molar-refractivity contribution in [2.24, 2.45) is 22.7 Å². The maximum Gasteiger partial charge on any atom is 0.133 e. The lowest BCUT2D eigenvalue weighted by atomic mass is 9.83. The highest BCUT2D eigenvalue weighted by atomic mass is 32.1. The molecule has 0 aromatic heterocycles. The van der Waals surface area contributed by atoms with E-state index >= 15 is 0 Å². The van der Waals surface area contributed by atoms with Gasteiger partial charge in [0.05, 0.1) is 11.2 Å². The zero-order chi connectivity index (χ0) is 9.42. The lowest BCUT2D eigenvalue weighted by Crippen LogP contribution is -2.27. The van der Waals surface area contributed by atoms with Gasteiger partial charge >= 0.3 is 0 Å². The Bertz CT molecular complexity index is 271. The Labute approximate surface area is 83.4 Å². The first-order valence-corrected chi connectivity index (χ1v) is 5.20. The van der Waals surface area contributed by atoms with E-state index in [4.69, 9.17) is 0 Å². The van der Waals surface area contributed by atoms with Gasteiger partial charge in [-0.15, -0.1) is 0 Å². The minimum absolute atomic E-state index is 0.260. The number of Topliss-reactive ketones (excluding diaryl/α,β-unsaturated/α-hetero) is 1. The van der Waals surface area contributed by atoms with Crippen LogP contribution in [0.1, 0.15) is 26.2 Å². The fourth-order valence-corrected chi connectivity index (χ4v) is 3.13. The summed E-state index contributed by atoms with van der Waals surface area (Å²) >= 11 is 4.61. The van der Waals surface area contributed by atoms with Crippen LogP contribution in [0.5, 0.6) is 0 Å². The van der Waals surface area contributed by atoms with E-state index in [0.717, 1.165) is 18.8 Å². The van der Waals surface area contributed by atoms with Crippen molar-refractivity contribution in [3.8, 4) is 0 Å². The summed E-state index contributed by atoms with van der Waals surface area (Å²) in [5.41, 5.74) is 0. The molecule has 2 unspecified atom stereocenters. The second-order valence-electron chi connectivity index (χ2n) is 4.24. The summed E-state index contributed by atoms with van der Waals surface area (Å²) < 4.78 is 0. The summed E-state index contributed by atoms with van der Waals surface area (Å²) in [7, 11) is 0. The predicted molar refractivity (Wildman–Crippen MR) is 53.8 cm³/mol. The molecule has 0 heterocycles. The average Bonchev–Trinajstić information content (AvgIpc) is 2.62. The third-order valence-corrected chi connectivity index (χ3v) is 3.62. The Morgan fingerprint density at radius 3 is 2.77 bits per heavy atom. The number of thiocarbonyl (C=S) groups is 1. The molecule has 0 aliphatic heterocycles. The van der Waals surface area contributed by atoms with Gasteiger partial charge in [-0.25, -0.2) is 4.99 Å². The van der Waals surface area contributed by atoms with E-state index in [1.165, 1.54) is 6.42 Å². The minimum Gasteiger partial charge on any atom is -0.300 e. The topological polar surface area (TPSA) is 29.4 Å². The Morgan fingerprint density at radius 1 is 1.46 bits per heavy atom. The molecule has 70 valence electrons. The van der Waals surface area contributed by atoms with Gasteiger partial charge in [0.1, 0.15) is 5.78 Å². The largest absolute Gasteiger partial charge is 0.300 e. The van der Waals surface area contributed by atoms with Gasteiger partial charge < -0.3 is 0 Å². The van der Waals surface area contributed by atoms with Crippen LogP contribution in [0.3, 0.4) is 0 Å². The van der Waals surface area contributed by atoms with Crippen molar-refractivity contribution in [1.29, 1.82) is 0 Å². The molecule has 0 amide bonds. The van der Waals surface area contributed by atoms with Crippen molar-refractivity contribution in [2.75, 3.05) is 0 Å². The number of isothiocyanates is 1. The van der Waals surface area contributed by atoms with Gasteiger partial charge in [-0.3, -0.25) is 4.79 Å². The molecule has 0 aromatic rings. The normalized spacial score (nSPS) is 41.6. The number of hydrogen-bond acceptors (Lipinski definition) is 3. The van der Waals surface area contributed by atoms with Crippen LogP contribution in [0.4, 0.5) is 0 Å². The maximum atomic E-state index is 11.3. The Hall–Kier alpha value is -0.530. The summed E-state index contributed by atoms with van der Waals surface area (Å²) in [5, 5.41) is 2.45.